The Morgan fingerprint density at radius 2 is 1.77 bits per heavy atom. The van der Waals surface area contributed by atoms with Crippen molar-refractivity contribution in [2.45, 2.75) is 61.4 Å². The molecule has 2 rings (SSSR count). The summed E-state index contributed by atoms with van der Waals surface area (Å²) >= 11 is 0. The van der Waals surface area contributed by atoms with E-state index in [9.17, 15) is 19.7 Å². The molecule has 160 valence electrons. The molecule has 0 radical (unpaired) electrons. The summed E-state index contributed by atoms with van der Waals surface area (Å²) in [7, 11) is 0. The second-order valence-electron chi connectivity index (χ2n) is 7.43. The van der Waals surface area contributed by atoms with Gasteiger partial charge in [0, 0.05) is 25.1 Å². The molecule has 8 heteroatoms. The van der Waals surface area contributed by atoms with E-state index in [-0.39, 0.29) is 22.9 Å². The second kappa shape index (κ2) is 9.02. The van der Waals surface area contributed by atoms with Gasteiger partial charge in [-0.05, 0) is 58.2 Å². The number of carbonyl (C=O) groups is 2. The molecule has 0 aliphatic rings. The summed E-state index contributed by atoms with van der Waals surface area (Å²) in [6, 6.07) is 2.80. The Bertz CT molecular complexity index is 1060. The third-order valence-corrected chi connectivity index (χ3v) is 4.99. The molecule has 0 saturated heterocycles. The number of ether oxygens (including phenoxy) is 1. The summed E-state index contributed by atoms with van der Waals surface area (Å²) in [5, 5.41) is 15.9. The fourth-order valence-corrected chi connectivity index (χ4v) is 3.38. The minimum absolute atomic E-state index is 0.0543. The normalized spacial score (nSPS) is 10.6. The van der Waals surface area contributed by atoms with Crippen LogP contribution in [-0.2, 0) is 11.3 Å². The van der Waals surface area contributed by atoms with E-state index in [1.165, 1.54) is 23.7 Å². The van der Waals surface area contributed by atoms with Crippen molar-refractivity contribution in [2.75, 3.05) is 0 Å². The van der Waals surface area contributed by atoms with Crippen LogP contribution in [0.1, 0.15) is 73.8 Å². The highest BCUT2D eigenvalue weighted by Gasteiger charge is 2.29. The topological polar surface area (TPSA) is 104 Å². The summed E-state index contributed by atoms with van der Waals surface area (Å²) < 4.78 is 6.84. The molecule has 0 fully saturated rings. The Morgan fingerprint density at radius 3 is 2.27 bits per heavy atom. The zero-order chi connectivity index (χ0) is 22.7. The zero-order valence-corrected chi connectivity index (χ0v) is 18.5. The molecule has 0 N–H and O–H groups in total. The van der Waals surface area contributed by atoms with E-state index in [1.54, 1.807) is 20.8 Å². The van der Waals surface area contributed by atoms with E-state index in [0.29, 0.717) is 28.9 Å². The first-order chi connectivity index (χ1) is 14.0. The van der Waals surface area contributed by atoms with Gasteiger partial charge in [-0.25, -0.2) is 4.68 Å². The summed E-state index contributed by atoms with van der Waals surface area (Å²) in [4.78, 5) is 36.3. The van der Waals surface area contributed by atoms with Crippen molar-refractivity contribution < 1.29 is 19.2 Å². The number of aromatic nitrogens is 2. The maximum absolute atomic E-state index is 13.5. The number of hydrogen-bond acceptors (Lipinski definition) is 6. The summed E-state index contributed by atoms with van der Waals surface area (Å²) in [5.41, 5.74) is 3.47. The van der Waals surface area contributed by atoms with Crippen LogP contribution in [0, 0.1) is 24.0 Å². The van der Waals surface area contributed by atoms with Crippen LogP contribution in [0.5, 0.6) is 5.88 Å². The van der Waals surface area contributed by atoms with E-state index in [1.807, 2.05) is 20.8 Å². The monoisotopic (exact) mass is 413 g/mol. The minimum Gasteiger partial charge on any atom is -0.407 e. The van der Waals surface area contributed by atoms with Crippen LogP contribution in [0.15, 0.2) is 17.7 Å². The Kier molecular flexibility index (Phi) is 6.92. The number of ketones is 1. The number of rotatable bonds is 7. The lowest BCUT2D eigenvalue weighted by Crippen LogP contribution is -2.13. The minimum atomic E-state index is -0.553. The van der Waals surface area contributed by atoms with Crippen LogP contribution in [0.2, 0.25) is 0 Å². The van der Waals surface area contributed by atoms with Crippen molar-refractivity contribution in [1.82, 2.24) is 9.78 Å². The molecule has 0 atom stereocenters. The Balaban J connectivity index is 2.77. The highest BCUT2D eigenvalue weighted by molar-refractivity contribution is 6.13. The molecule has 2 aromatic rings. The number of carbonyl (C=O) groups excluding carboxylic acids is 2. The van der Waals surface area contributed by atoms with Crippen LogP contribution in [0.4, 0.5) is 5.69 Å². The first-order valence-electron chi connectivity index (χ1n) is 9.74. The fourth-order valence-electron chi connectivity index (χ4n) is 3.38. The highest BCUT2D eigenvalue weighted by atomic mass is 16.6. The largest absolute Gasteiger partial charge is 0.407 e. The Labute approximate surface area is 175 Å². The molecule has 0 bridgehead atoms. The number of esters is 1. The molecule has 0 amide bonds. The predicted octanol–water partition coefficient (Wildman–Crippen LogP) is 4.79. The summed E-state index contributed by atoms with van der Waals surface area (Å²) in [6.07, 6.45) is 0.740. The van der Waals surface area contributed by atoms with Crippen molar-refractivity contribution in [2.24, 2.45) is 0 Å². The number of aryl methyl sites for hydroxylation is 2. The zero-order valence-electron chi connectivity index (χ0n) is 18.5. The number of allylic oxidation sites excluding steroid dienone is 2. The molecule has 0 spiro atoms. The average molecular weight is 413 g/mol. The standard InChI is InChI=1S/C22H27N3O5/c1-8-11-24-22(30-16(7)26)20(15(6)23-24)21(27)17-9-10-18(25(28)29)19(14(17)5)13(4)12(2)3/h9-10H,8,11H2,1-7H3. The Morgan fingerprint density at radius 1 is 1.13 bits per heavy atom. The van der Waals surface area contributed by atoms with Gasteiger partial charge in [0.2, 0.25) is 11.7 Å². The number of nitro groups is 1. The molecule has 0 unspecified atom stereocenters. The molecular weight excluding hydrogens is 386 g/mol. The van der Waals surface area contributed by atoms with Crippen molar-refractivity contribution in [3.8, 4) is 5.88 Å². The molecule has 1 aromatic heterocycles. The number of hydrogen-bond donors (Lipinski definition) is 0. The third-order valence-electron chi connectivity index (χ3n) is 4.99. The lowest BCUT2D eigenvalue weighted by Gasteiger charge is -2.14. The predicted molar refractivity (Wildman–Crippen MR) is 114 cm³/mol. The van der Waals surface area contributed by atoms with Gasteiger partial charge in [-0.3, -0.25) is 19.7 Å². The molecular formula is C22H27N3O5. The van der Waals surface area contributed by atoms with E-state index in [0.717, 1.165) is 17.6 Å². The number of nitro benzene ring substituents is 1. The molecule has 8 nitrogen and oxygen atoms in total. The quantitative estimate of drug-likeness (QED) is 0.280. The third kappa shape index (κ3) is 4.32. The first-order valence-corrected chi connectivity index (χ1v) is 9.74. The SMILES string of the molecule is CCCn1nc(C)c(C(=O)c2ccc([N+](=O)[O-])c(C(C)=C(C)C)c2C)c1OC(C)=O. The molecule has 0 saturated carbocycles. The van der Waals surface area contributed by atoms with Crippen molar-refractivity contribution in [3.63, 3.8) is 0 Å². The van der Waals surface area contributed by atoms with Gasteiger partial charge < -0.3 is 4.74 Å². The van der Waals surface area contributed by atoms with Gasteiger partial charge in [-0.1, -0.05) is 12.5 Å². The van der Waals surface area contributed by atoms with Crippen LogP contribution < -0.4 is 4.74 Å². The van der Waals surface area contributed by atoms with Crippen molar-refractivity contribution in [1.29, 1.82) is 0 Å². The van der Waals surface area contributed by atoms with Crippen LogP contribution >= 0.6 is 0 Å². The maximum atomic E-state index is 13.5. The summed E-state index contributed by atoms with van der Waals surface area (Å²) in [5.74, 6) is -0.839. The average Bonchev–Trinajstić information content (AvgIpc) is 2.94. The smallest absolute Gasteiger partial charge is 0.309 e. The van der Waals surface area contributed by atoms with E-state index in [4.69, 9.17) is 4.74 Å². The van der Waals surface area contributed by atoms with Crippen LogP contribution in [0.3, 0.4) is 0 Å². The van der Waals surface area contributed by atoms with E-state index >= 15 is 0 Å². The van der Waals surface area contributed by atoms with Crippen molar-refractivity contribution in [3.05, 3.63) is 55.8 Å². The van der Waals surface area contributed by atoms with E-state index < -0.39 is 10.9 Å². The van der Waals surface area contributed by atoms with Gasteiger partial charge in [0.15, 0.2) is 0 Å². The molecule has 1 aromatic carbocycles. The highest BCUT2D eigenvalue weighted by Crippen LogP contribution is 2.35. The van der Waals surface area contributed by atoms with Gasteiger partial charge in [0.05, 0.1) is 16.2 Å². The second-order valence-corrected chi connectivity index (χ2v) is 7.43. The van der Waals surface area contributed by atoms with Gasteiger partial charge >= 0.3 is 5.97 Å². The maximum Gasteiger partial charge on any atom is 0.309 e. The first kappa shape index (κ1) is 23.0. The molecule has 0 aliphatic heterocycles. The molecule has 1 heterocycles. The number of benzene rings is 1. The Hall–Kier alpha value is -3.29. The van der Waals surface area contributed by atoms with Crippen LogP contribution in [0.25, 0.3) is 5.57 Å². The van der Waals surface area contributed by atoms with Crippen LogP contribution in [-0.4, -0.2) is 26.5 Å². The fraction of sp³-hybridized carbons (Fsp3) is 0.409. The van der Waals surface area contributed by atoms with Gasteiger partial charge in [-0.2, -0.15) is 5.10 Å². The van der Waals surface area contributed by atoms with Gasteiger partial charge in [-0.15, -0.1) is 0 Å². The van der Waals surface area contributed by atoms with Gasteiger partial charge in [0.25, 0.3) is 5.69 Å². The molecule has 30 heavy (non-hydrogen) atoms. The lowest BCUT2D eigenvalue weighted by molar-refractivity contribution is -0.385. The van der Waals surface area contributed by atoms with Gasteiger partial charge in [0.1, 0.15) is 5.56 Å². The number of nitrogens with zero attached hydrogens (tertiary/aromatic N) is 3. The summed E-state index contributed by atoms with van der Waals surface area (Å²) in [6.45, 7) is 12.6. The lowest BCUT2D eigenvalue weighted by atomic mass is 9.90. The van der Waals surface area contributed by atoms with Crippen molar-refractivity contribution >= 4 is 23.0 Å². The molecule has 0 aliphatic carbocycles. The van der Waals surface area contributed by atoms with E-state index in [2.05, 4.69) is 5.10 Å².